The molecule has 0 radical (unpaired) electrons. The molecule has 3 rings (SSSR count). The van der Waals surface area contributed by atoms with Crippen LogP contribution in [0.4, 0.5) is 0 Å². The molecule has 0 saturated carbocycles. The molecule has 1 aromatic carbocycles. The van der Waals surface area contributed by atoms with Gasteiger partial charge >= 0.3 is 5.63 Å². The van der Waals surface area contributed by atoms with E-state index in [2.05, 4.69) is 36.8 Å². The molecule has 0 unspecified atom stereocenters. The Morgan fingerprint density at radius 2 is 2.06 bits per heavy atom. The lowest BCUT2D eigenvalue weighted by Crippen LogP contribution is -2.03. The van der Waals surface area contributed by atoms with E-state index in [4.69, 9.17) is 8.83 Å². The Hall–Kier alpha value is -1.40. The zero-order chi connectivity index (χ0) is 12.7. The molecule has 0 fully saturated rings. The summed E-state index contributed by atoms with van der Waals surface area (Å²) in [6.07, 6.45) is 1.50. The standard InChI is InChI=1S/C12H5Br2NO3/c13-6-4-7-10(8(14)5-6)15-11(18-12(7)16)9-2-1-3-17-9/h1-5H. The molecule has 18 heavy (non-hydrogen) atoms. The van der Waals surface area contributed by atoms with Crippen LogP contribution in [0.2, 0.25) is 0 Å². The lowest BCUT2D eigenvalue weighted by atomic mass is 10.2. The van der Waals surface area contributed by atoms with Gasteiger partial charge in [0, 0.05) is 8.95 Å². The Labute approximate surface area is 118 Å². The number of benzene rings is 1. The summed E-state index contributed by atoms with van der Waals surface area (Å²) in [7, 11) is 0. The molecule has 0 atom stereocenters. The summed E-state index contributed by atoms with van der Waals surface area (Å²) in [5, 5.41) is 0.409. The van der Waals surface area contributed by atoms with Gasteiger partial charge in [0.05, 0.1) is 17.2 Å². The molecule has 0 saturated heterocycles. The number of aromatic nitrogens is 1. The molecule has 0 aliphatic carbocycles. The first-order valence-electron chi connectivity index (χ1n) is 4.99. The summed E-state index contributed by atoms with van der Waals surface area (Å²) >= 11 is 6.69. The molecule has 0 aliphatic rings. The molecule has 3 aromatic rings. The van der Waals surface area contributed by atoms with Crippen molar-refractivity contribution in [1.82, 2.24) is 4.98 Å². The first kappa shape index (κ1) is 11.7. The highest BCUT2D eigenvalue weighted by Gasteiger charge is 2.13. The predicted octanol–water partition coefficient (Wildman–Crippen LogP) is 3.97. The van der Waals surface area contributed by atoms with E-state index in [1.165, 1.54) is 6.26 Å². The zero-order valence-corrected chi connectivity index (χ0v) is 12.0. The van der Waals surface area contributed by atoms with E-state index in [9.17, 15) is 4.79 Å². The highest BCUT2D eigenvalue weighted by molar-refractivity contribution is 9.11. The van der Waals surface area contributed by atoms with E-state index in [1.807, 2.05) is 6.07 Å². The minimum atomic E-state index is -0.451. The molecule has 2 heterocycles. The first-order chi connectivity index (χ1) is 8.65. The van der Waals surface area contributed by atoms with Gasteiger partial charge in [0.1, 0.15) is 0 Å². The monoisotopic (exact) mass is 369 g/mol. The van der Waals surface area contributed by atoms with Gasteiger partial charge < -0.3 is 8.83 Å². The minimum absolute atomic E-state index is 0.167. The average Bonchev–Trinajstić information content (AvgIpc) is 2.83. The normalized spacial score (nSPS) is 11.0. The van der Waals surface area contributed by atoms with Crippen LogP contribution in [-0.4, -0.2) is 4.98 Å². The van der Waals surface area contributed by atoms with Crippen LogP contribution in [0, 0.1) is 0 Å². The highest BCUT2D eigenvalue weighted by Crippen LogP contribution is 2.27. The minimum Gasteiger partial charge on any atom is -0.459 e. The van der Waals surface area contributed by atoms with Gasteiger partial charge in [-0.2, -0.15) is 0 Å². The summed E-state index contributed by atoms with van der Waals surface area (Å²) in [5.41, 5.74) is 0.0919. The maximum absolute atomic E-state index is 11.9. The van der Waals surface area contributed by atoms with Crippen LogP contribution in [0.1, 0.15) is 0 Å². The predicted molar refractivity (Wildman–Crippen MR) is 73.4 cm³/mol. The van der Waals surface area contributed by atoms with Gasteiger partial charge in [0.2, 0.25) is 0 Å². The van der Waals surface area contributed by atoms with Crippen molar-refractivity contribution in [2.45, 2.75) is 0 Å². The van der Waals surface area contributed by atoms with Crippen LogP contribution >= 0.6 is 31.9 Å². The summed E-state index contributed by atoms with van der Waals surface area (Å²) < 4.78 is 11.8. The maximum atomic E-state index is 11.9. The number of hydrogen-bond acceptors (Lipinski definition) is 4. The molecule has 0 N–H and O–H groups in total. The Morgan fingerprint density at radius 3 is 2.78 bits per heavy atom. The topological polar surface area (TPSA) is 56.2 Å². The van der Waals surface area contributed by atoms with Crippen molar-refractivity contribution >= 4 is 42.8 Å². The number of furan rings is 1. The van der Waals surface area contributed by atoms with Crippen LogP contribution in [0.3, 0.4) is 0 Å². The fourth-order valence-electron chi connectivity index (χ4n) is 1.61. The molecule has 90 valence electrons. The smallest absolute Gasteiger partial charge is 0.347 e. The molecule has 0 amide bonds. The second-order valence-corrected chi connectivity index (χ2v) is 5.34. The van der Waals surface area contributed by atoms with Gasteiger partial charge in [-0.1, -0.05) is 15.9 Å². The average molecular weight is 371 g/mol. The Bertz CT molecular complexity index is 778. The van der Waals surface area contributed by atoms with Crippen LogP contribution < -0.4 is 5.63 Å². The zero-order valence-electron chi connectivity index (χ0n) is 8.81. The van der Waals surface area contributed by atoms with Gasteiger partial charge in [-0.05, 0) is 40.2 Å². The summed E-state index contributed by atoms with van der Waals surface area (Å²) in [6.45, 7) is 0. The highest BCUT2D eigenvalue weighted by atomic mass is 79.9. The Morgan fingerprint density at radius 1 is 1.22 bits per heavy atom. The molecular weight excluding hydrogens is 366 g/mol. The number of fused-ring (bicyclic) bond motifs is 1. The van der Waals surface area contributed by atoms with Crippen molar-refractivity contribution < 1.29 is 8.83 Å². The van der Waals surface area contributed by atoms with E-state index < -0.39 is 5.63 Å². The van der Waals surface area contributed by atoms with E-state index in [-0.39, 0.29) is 5.89 Å². The van der Waals surface area contributed by atoms with Crippen LogP contribution in [-0.2, 0) is 0 Å². The van der Waals surface area contributed by atoms with Crippen molar-refractivity contribution in [3.8, 4) is 11.7 Å². The van der Waals surface area contributed by atoms with Gasteiger partial charge in [0.25, 0.3) is 5.89 Å². The summed E-state index contributed by atoms with van der Waals surface area (Å²) in [5.74, 6) is 0.587. The van der Waals surface area contributed by atoms with E-state index in [0.29, 0.717) is 21.1 Å². The van der Waals surface area contributed by atoms with Crippen molar-refractivity contribution in [3.63, 3.8) is 0 Å². The first-order valence-corrected chi connectivity index (χ1v) is 6.57. The number of hydrogen-bond donors (Lipinski definition) is 0. The number of halogens is 2. The van der Waals surface area contributed by atoms with Gasteiger partial charge in [-0.25, -0.2) is 9.78 Å². The van der Waals surface area contributed by atoms with E-state index in [1.54, 1.807) is 18.2 Å². The molecule has 4 nitrogen and oxygen atoms in total. The largest absolute Gasteiger partial charge is 0.459 e. The summed E-state index contributed by atoms with van der Waals surface area (Å²) in [6, 6.07) is 6.88. The van der Waals surface area contributed by atoms with Crippen molar-refractivity contribution in [2.75, 3.05) is 0 Å². The second kappa shape index (κ2) is 4.37. The van der Waals surface area contributed by atoms with Crippen LogP contribution in [0.25, 0.3) is 22.6 Å². The van der Waals surface area contributed by atoms with Crippen LogP contribution in [0.15, 0.2) is 53.1 Å². The van der Waals surface area contributed by atoms with E-state index in [0.717, 1.165) is 4.47 Å². The Balaban J connectivity index is 2.38. The Kier molecular flexibility index (Phi) is 2.83. The molecule has 0 bridgehead atoms. The number of nitrogens with zero attached hydrogens (tertiary/aromatic N) is 1. The SMILES string of the molecule is O=c1oc(-c2ccco2)nc2c(Br)cc(Br)cc12. The summed E-state index contributed by atoms with van der Waals surface area (Å²) in [4.78, 5) is 16.2. The molecule has 0 spiro atoms. The van der Waals surface area contributed by atoms with Gasteiger partial charge in [-0.3, -0.25) is 0 Å². The quantitative estimate of drug-likeness (QED) is 0.650. The maximum Gasteiger partial charge on any atom is 0.347 e. The fraction of sp³-hybridized carbons (Fsp3) is 0. The lowest BCUT2D eigenvalue weighted by Gasteiger charge is -2.01. The van der Waals surface area contributed by atoms with Crippen LogP contribution in [0.5, 0.6) is 0 Å². The van der Waals surface area contributed by atoms with E-state index >= 15 is 0 Å². The van der Waals surface area contributed by atoms with Gasteiger partial charge in [0.15, 0.2) is 5.76 Å². The third-order valence-electron chi connectivity index (χ3n) is 2.38. The van der Waals surface area contributed by atoms with Gasteiger partial charge in [-0.15, -0.1) is 0 Å². The lowest BCUT2D eigenvalue weighted by molar-refractivity contribution is 0.482. The van der Waals surface area contributed by atoms with Crippen molar-refractivity contribution in [3.05, 3.63) is 49.9 Å². The molecule has 0 aliphatic heterocycles. The fourth-order valence-corrected chi connectivity index (χ4v) is 2.92. The van der Waals surface area contributed by atoms with Crippen molar-refractivity contribution in [1.29, 1.82) is 0 Å². The number of rotatable bonds is 1. The molecule has 6 heteroatoms. The van der Waals surface area contributed by atoms with Crippen molar-refractivity contribution in [2.24, 2.45) is 0 Å². The third kappa shape index (κ3) is 1.91. The third-order valence-corrected chi connectivity index (χ3v) is 3.45. The second-order valence-electron chi connectivity index (χ2n) is 3.57. The molecule has 2 aromatic heterocycles. The molecular formula is C12H5Br2NO3.